The van der Waals surface area contributed by atoms with Gasteiger partial charge in [-0.05, 0) is 11.4 Å². The first-order valence-corrected chi connectivity index (χ1v) is 7.12. The molecule has 4 nitrogen and oxygen atoms in total. The third kappa shape index (κ3) is 2.19. The van der Waals surface area contributed by atoms with E-state index in [1.165, 1.54) is 0 Å². The average Bonchev–Trinajstić information content (AvgIpc) is 2.99. The van der Waals surface area contributed by atoms with Crippen LogP contribution in [0.25, 0.3) is 21.6 Å². The van der Waals surface area contributed by atoms with Crippen LogP contribution in [0.2, 0.25) is 5.15 Å². The molecule has 2 heterocycles. The van der Waals surface area contributed by atoms with E-state index in [1.54, 1.807) is 31.6 Å². The molecule has 0 radical (unpaired) electrons. The number of hydrogen-bond acceptors (Lipinski definition) is 5. The second-order valence-corrected chi connectivity index (χ2v) is 5.34. The predicted molar refractivity (Wildman–Crippen MR) is 81.0 cm³/mol. The van der Waals surface area contributed by atoms with Crippen molar-refractivity contribution < 1.29 is 9.47 Å². The summed E-state index contributed by atoms with van der Waals surface area (Å²) < 4.78 is 10.6. The van der Waals surface area contributed by atoms with E-state index in [1.807, 2.05) is 23.6 Å². The van der Waals surface area contributed by atoms with Gasteiger partial charge in [-0.2, -0.15) is 0 Å². The van der Waals surface area contributed by atoms with Crippen molar-refractivity contribution in [2.75, 3.05) is 14.2 Å². The van der Waals surface area contributed by atoms with Crippen LogP contribution in [0.5, 0.6) is 11.5 Å². The van der Waals surface area contributed by atoms with Crippen molar-refractivity contribution in [2.24, 2.45) is 0 Å². The van der Waals surface area contributed by atoms with E-state index in [0.717, 1.165) is 4.88 Å². The SMILES string of the molecule is COc1cc(OC)c2c(Cl)nc(-c3cccs3)nc2c1. The van der Waals surface area contributed by atoms with Crippen LogP contribution >= 0.6 is 22.9 Å². The molecule has 3 aromatic rings. The number of fused-ring (bicyclic) bond motifs is 1. The summed E-state index contributed by atoms with van der Waals surface area (Å²) >= 11 is 7.86. The molecule has 3 rings (SSSR count). The summed E-state index contributed by atoms with van der Waals surface area (Å²) in [5.41, 5.74) is 0.699. The highest BCUT2D eigenvalue weighted by atomic mass is 35.5. The maximum atomic E-state index is 6.29. The standard InChI is InChI=1S/C14H11ClN2O2S/c1-18-8-6-9-12(10(7-8)19-2)13(15)17-14(16-9)11-4-3-5-20-11/h3-7H,1-2H3. The van der Waals surface area contributed by atoms with Gasteiger partial charge in [0.15, 0.2) is 5.82 Å². The Bertz CT molecular complexity index is 759. The van der Waals surface area contributed by atoms with Crippen molar-refractivity contribution in [1.82, 2.24) is 9.97 Å². The number of ether oxygens (including phenoxy) is 2. The molecule has 0 saturated carbocycles. The molecule has 20 heavy (non-hydrogen) atoms. The highest BCUT2D eigenvalue weighted by Gasteiger charge is 2.14. The van der Waals surface area contributed by atoms with E-state index in [2.05, 4.69) is 9.97 Å². The minimum atomic E-state index is 0.373. The van der Waals surface area contributed by atoms with Crippen molar-refractivity contribution >= 4 is 33.8 Å². The van der Waals surface area contributed by atoms with Crippen LogP contribution in [0.1, 0.15) is 0 Å². The third-order valence-corrected chi connectivity index (χ3v) is 4.03. The predicted octanol–water partition coefficient (Wildman–Crippen LogP) is 4.03. The Hall–Kier alpha value is -1.85. The molecule has 0 spiro atoms. The van der Waals surface area contributed by atoms with E-state index in [9.17, 15) is 0 Å². The maximum Gasteiger partial charge on any atom is 0.171 e. The number of aromatic nitrogens is 2. The topological polar surface area (TPSA) is 44.2 Å². The van der Waals surface area contributed by atoms with Crippen molar-refractivity contribution in [3.63, 3.8) is 0 Å². The minimum absolute atomic E-state index is 0.373. The molecule has 1 aromatic carbocycles. The van der Waals surface area contributed by atoms with Crippen LogP contribution in [0.15, 0.2) is 29.6 Å². The van der Waals surface area contributed by atoms with Crippen molar-refractivity contribution in [2.45, 2.75) is 0 Å². The van der Waals surface area contributed by atoms with Gasteiger partial charge in [-0.1, -0.05) is 17.7 Å². The maximum absolute atomic E-state index is 6.29. The lowest BCUT2D eigenvalue weighted by Gasteiger charge is -2.10. The van der Waals surface area contributed by atoms with Crippen LogP contribution in [0, 0.1) is 0 Å². The normalized spacial score (nSPS) is 10.8. The largest absolute Gasteiger partial charge is 0.497 e. The Labute approximate surface area is 125 Å². The Morgan fingerprint density at radius 2 is 2.00 bits per heavy atom. The van der Waals surface area contributed by atoms with Gasteiger partial charge in [0, 0.05) is 12.1 Å². The first kappa shape index (κ1) is 13.1. The molecule has 6 heteroatoms. The van der Waals surface area contributed by atoms with Crippen LogP contribution in [0.3, 0.4) is 0 Å². The molecule has 0 aliphatic heterocycles. The van der Waals surface area contributed by atoms with Gasteiger partial charge in [0.05, 0.1) is 30.0 Å². The van der Waals surface area contributed by atoms with Gasteiger partial charge in [-0.3, -0.25) is 0 Å². The minimum Gasteiger partial charge on any atom is -0.497 e. The first-order valence-electron chi connectivity index (χ1n) is 5.86. The zero-order valence-electron chi connectivity index (χ0n) is 10.9. The van der Waals surface area contributed by atoms with Gasteiger partial charge in [0.25, 0.3) is 0 Å². The van der Waals surface area contributed by atoms with E-state index < -0.39 is 0 Å². The lowest BCUT2D eigenvalue weighted by molar-refractivity contribution is 0.398. The lowest BCUT2D eigenvalue weighted by Crippen LogP contribution is -1.95. The van der Waals surface area contributed by atoms with Gasteiger partial charge >= 0.3 is 0 Å². The Kier molecular flexibility index (Phi) is 3.46. The Morgan fingerprint density at radius 3 is 2.65 bits per heavy atom. The molecule has 102 valence electrons. The van der Waals surface area contributed by atoms with Crippen LogP contribution in [-0.2, 0) is 0 Å². The number of methoxy groups -OCH3 is 2. The van der Waals surface area contributed by atoms with Gasteiger partial charge in [0.2, 0.25) is 0 Å². The fourth-order valence-electron chi connectivity index (χ4n) is 1.95. The smallest absolute Gasteiger partial charge is 0.171 e. The fourth-order valence-corrected chi connectivity index (χ4v) is 2.88. The summed E-state index contributed by atoms with van der Waals surface area (Å²) in [4.78, 5) is 9.87. The van der Waals surface area contributed by atoms with Crippen molar-refractivity contribution in [3.8, 4) is 22.2 Å². The molecule has 0 saturated heterocycles. The molecule has 0 bridgehead atoms. The van der Waals surface area contributed by atoms with E-state index in [0.29, 0.717) is 33.4 Å². The van der Waals surface area contributed by atoms with Gasteiger partial charge in [-0.15, -0.1) is 11.3 Å². The highest BCUT2D eigenvalue weighted by molar-refractivity contribution is 7.13. The highest BCUT2D eigenvalue weighted by Crippen LogP contribution is 2.36. The molecule has 0 unspecified atom stereocenters. The Balaban J connectivity index is 2.30. The Morgan fingerprint density at radius 1 is 1.15 bits per heavy atom. The molecular formula is C14H11ClN2O2S. The fraction of sp³-hybridized carbons (Fsp3) is 0.143. The van der Waals surface area contributed by atoms with E-state index >= 15 is 0 Å². The van der Waals surface area contributed by atoms with Crippen LogP contribution < -0.4 is 9.47 Å². The van der Waals surface area contributed by atoms with Crippen molar-refractivity contribution in [1.29, 1.82) is 0 Å². The van der Waals surface area contributed by atoms with E-state index in [-0.39, 0.29) is 0 Å². The summed E-state index contributed by atoms with van der Waals surface area (Å²) in [6, 6.07) is 7.50. The molecular weight excluding hydrogens is 296 g/mol. The second-order valence-electron chi connectivity index (χ2n) is 4.04. The van der Waals surface area contributed by atoms with E-state index in [4.69, 9.17) is 21.1 Å². The monoisotopic (exact) mass is 306 g/mol. The first-order chi connectivity index (χ1) is 9.72. The quantitative estimate of drug-likeness (QED) is 0.685. The number of nitrogens with zero attached hydrogens (tertiary/aromatic N) is 2. The molecule has 0 aliphatic carbocycles. The van der Waals surface area contributed by atoms with Gasteiger partial charge < -0.3 is 9.47 Å². The lowest BCUT2D eigenvalue weighted by atomic mass is 10.2. The van der Waals surface area contributed by atoms with Crippen molar-refractivity contribution in [3.05, 3.63) is 34.8 Å². The summed E-state index contributed by atoms with van der Waals surface area (Å²) in [6.45, 7) is 0. The number of rotatable bonds is 3. The molecule has 0 amide bonds. The molecule has 0 atom stereocenters. The molecule has 0 N–H and O–H groups in total. The number of hydrogen-bond donors (Lipinski definition) is 0. The number of benzene rings is 1. The summed E-state index contributed by atoms with van der Waals surface area (Å²) in [5, 5.41) is 3.04. The van der Waals surface area contributed by atoms with Gasteiger partial charge in [-0.25, -0.2) is 9.97 Å². The second kappa shape index (κ2) is 5.26. The summed E-state index contributed by atoms with van der Waals surface area (Å²) in [7, 11) is 3.18. The number of halogens is 1. The van der Waals surface area contributed by atoms with Crippen LogP contribution in [0.4, 0.5) is 0 Å². The summed E-state index contributed by atoms with van der Waals surface area (Å²) in [6.07, 6.45) is 0. The molecule has 0 fully saturated rings. The van der Waals surface area contributed by atoms with Crippen LogP contribution in [-0.4, -0.2) is 24.2 Å². The molecule has 0 aliphatic rings. The van der Waals surface area contributed by atoms with Gasteiger partial charge in [0.1, 0.15) is 16.7 Å². The zero-order chi connectivity index (χ0) is 14.1. The summed E-state index contributed by atoms with van der Waals surface area (Å²) in [5.74, 6) is 1.87. The number of thiophene rings is 1. The third-order valence-electron chi connectivity index (χ3n) is 2.89. The average molecular weight is 307 g/mol. The zero-order valence-corrected chi connectivity index (χ0v) is 12.5. The molecule has 2 aromatic heterocycles.